The van der Waals surface area contributed by atoms with Crippen LogP contribution < -0.4 is 0 Å². The molecule has 0 spiro atoms. The molecule has 0 aromatic carbocycles. The maximum Gasteiger partial charge on any atom is 0.195 e. The van der Waals surface area contributed by atoms with E-state index in [0.29, 0.717) is 0 Å². The minimum atomic E-state index is 1.37. The van der Waals surface area contributed by atoms with E-state index in [9.17, 15) is 0 Å². The van der Waals surface area contributed by atoms with E-state index in [1.165, 1.54) is 16.3 Å². The molecule has 0 aliphatic carbocycles. The molecule has 1 aliphatic heterocycles. The van der Waals surface area contributed by atoms with E-state index in [0.717, 1.165) is 0 Å². The van der Waals surface area contributed by atoms with E-state index < -0.39 is 0 Å². The van der Waals surface area contributed by atoms with Gasteiger partial charge < -0.3 is 0 Å². The van der Waals surface area contributed by atoms with Crippen molar-refractivity contribution in [3.8, 4) is 6.19 Å². The average molecular weight is 124 g/mol. The zero-order chi connectivity index (χ0) is 5.82. The molecule has 0 radical (unpaired) electrons. The molecule has 2 nitrogen and oxygen atoms in total. The number of nitriles is 1. The molecule has 0 saturated carbocycles. The van der Waals surface area contributed by atoms with E-state index in [-0.39, 0.29) is 0 Å². The molecule has 0 amide bonds. The van der Waals surface area contributed by atoms with Crippen molar-refractivity contribution in [2.45, 2.75) is 0 Å². The lowest BCUT2D eigenvalue weighted by Crippen LogP contribution is -1.96. The molecular formula is C5H4N2S. The Morgan fingerprint density at radius 1 is 1.50 bits per heavy atom. The van der Waals surface area contributed by atoms with Crippen LogP contribution in [0.3, 0.4) is 0 Å². The van der Waals surface area contributed by atoms with E-state index in [1.54, 1.807) is 6.20 Å². The Balaban J connectivity index is 2.55. The Labute approximate surface area is 52.2 Å². The van der Waals surface area contributed by atoms with Crippen molar-refractivity contribution in [2.75, 3.05) is 0 Å². The van der Waals surface area contributed by atoms with Crippen LogP contribution in [0.2, 0.25) is 0 Å². The van der Waals surface area contributed by atoms with Crippen LogP contribution in [0, 0.1) is 11.5 Å². The lowest BCUT2D eigenvalue weighted by molar-refractivity contribution is 0.879. The lowest BCUT2D eigenvalue weighted by atomic mass is 10.6. The number of hydrogen-bond donors (Lipinski definition) is 0. The summed E-state index contributed by atoms with van der Waals surface area (Å²) in [5.41, 5.74) is 0. The minimum Gasteiger partial charge on any atom is -0.224 e. The van der Waals surface area contributed by atoms with Crippen molar-refractivity contribution in [3.05, 3.63) is 23.8 Å². The van der Waals surface area contributed by atoms with Gasteiger partial charge in [0.2, 0.25) is 0 Å². The summed E-state index contributed by atoms with van der Waals surface area (Å²) in [6, 6.07) is 0. The Bertz CT molecular complexity index is 166. The van der Waals surface area contributed by atoms with Crippen molar-refractivity contribution in [1.82, 2.24) is 4.31 Å². The van der Waals surface area contributed by atoms with E-state index in [2.05, 4.69) is 0 Å². The highest BCUT2D eigenvalue weighted by Crippen LogP contribution is 2.13. The van der Waals surface area contributed by atoms with Gasteiger partial charge in [-0.2, -0.15) is 5.26 Å². The summed E-state index contributed by atoms with van der Waals surface area (Å²) < 4.78 is 1.47. The van der Waals surface area contributed by atoms with Gasteiger partial charge in [-0.15, -0.1) is 0 Å². The zero-order valence-electron chi connectivity index (χ0n) is 4.11. The van der Waals surface area contributed by atoms with Gasteiger partial charge in [-0.05, 0) is 23.4 Å². The van der Waals surface area contributed by atoms with Gasteiger partial charge in [-0.3, -0.25) is 0 Å². The Morgan fingerprint density at radius 2 is 2.38 bits per heavy atom. The molecule has 40 valence electrons. The molecule has 0 atom stereocenters. The SMILES string of the molecule is N#CN1C=CC=CS1. The fraction of sp³-hybridized carbons (Fsp3) is 0. The molecule has 0 aromatic heterocycles. The van der Waals surface area contributed by atoms with E-state index in [1.807, 2.05) is 23.8 Å². The normalized spacial score (nSPS) is 16.1. The van der Waals surface area contributed by atoms with Gasteiger partial charge in [0.25, 0.3) is 0 Å². The van der Waals surface area contributed by atoms with E-state index >= 15 is 0 Å². The van der Waals surface area contributed by atoms with Crippen LogP contribution in [0.25, 0.3) is 0 Å². The number of allylic oxidation sites excluding steroid dienone is 2. The molecule has 1 aliphatic rings. The fourth-order valence-electron chi connectivity index (χ4n) is 0.366. The van der Waals surface area contributed by atoms with Crippen molar-refractivity contribution in [3.63, 3.8) is 0 Å². The highest BCUT2D eigenvalue weighted by atomic mass is 32.2. The third kappa shape index (κ3) is 1.04. The number of hydrogen-bond acceptors (Lipinski definition) is 3. The molecule has 3 heteroatoms. The van der Waals surface area contributed by atoms with Crippen LogP contribution in [0.15, 0.2) is 23.8 Å². The second-order valence-electron chi connectivity index (χ2n) is 1.20. The van der Waals surface area contributed by atoms with Crippen molar-refractivity contribution < 1.29 is 0 Å². The maximum atomic E-state index is 8.26. The van der Waals surface area contributed by atoms with Crippen LogP contribution in [0.5, 0.6) is 0 Å². The Morgan fingerprint density at radius 3 is 2.75 bits per heavy atom. The first kappa shape index (κ1) is 5.26. The molecule has 0 fully saturated rings. The van der Waals surface area contributed by atoms with Crippen LogP contribution in [0.1, 0.15) is 0 Å². The average Bonchev–Trinajstić information content (AvgIpc) is 1.90. The number of nitrogens with zero attached hydrogens (tertiary/aromatic N) is 2. The highest BCUT2D eigenvalue weighted by Gasteiger charge is 1.94. The minimum absolute atomic E-state index is 1.37. The molecule has 0 bridgehead atoms. The summed E-state index contributed by atoms with van der Waals surface area (Å²) in [5.74, 6) is 0. The first-order valence-corrected chi connectivity index (χ1v) is 2.96. The van der Waals surface area contributed by atoms with Gasteiger partial charge in [0.1, 0.15) is 0 Å². The van der Waals surface area contributed by atoms with Crippen LogP contribution in [-0.2, 0) is 0 Å². The van der Waals surface area contributed by atoms with Crippen molar-refractivity contribution >= 4 is 11.9 Å². The molecule has 0 saturated heterocycles. The summed E-state index contributed by atoms with van der Waals surface area (Å²) in [4.78, 5) is 0. The summed E-state index contributed by atoms with van der Waals surface area (Å²) >= 11 is 1.37. The Kier molecular flexibility index (Phi) is 1.60. The van der Waals surface area contributed by atoms with E-state index in [4.69, 9.17) is 5.26 Å². The van der Waals surface area contributed by atoms with Crippen LogP contribution in [0.4, 0.5) is 0 Å². The molecule has 1 rings (SSSR count). The largest absolute Gasteiger partial charge is 0.224 e. The molecule has 0 aromatic rings. The molecular weight excluding hydrogens is 120 g/mol. The molecule has 0 unspecified atom stereocenters. The smallest absolute Gasteiger partial charge is 0.195 e. The van der Waals surface area contributed by atoms with Crippen molar-refractivity contribution in [2.24, 2.45) is 0 Å². The summed E-state index contributed by atoms with van der Waals surface area (Å²) in [6.45, 7) is 0. The zero-order valence-corrected chi connectivity index (χ0v) is 4.93. The van der Waals surface area contributed by atoms with Crippen molar-refractivity contribution in [1.29, 1.82) is 5.26 Å². The summed E-state index contributed by atoms with van der Waals surface area (Å²) in [5, 5.41) is 10.1. The molecule has 0 N–H and O–H groups in total. The Hall–Kier alpha value is -0.880. The summed E-state index contributed by atoms with van der Waals surface area (Å²) in [7, 11) is 0. The summed E-state index contributed by atoms with van der Waals surface area (Å²) in [6.07, 6.45) is 7.38. The van der Waals surface area contributed by atoms with Gasteiger partial charge in [0.15, 0.2) is 6.19 Å². The number of rotatable bonds is 0. The quantitative estimate of drug-likeness (QED) is 0.361. The highest BCUT2D eigenvalue weighted by molar-refractivity contribution is 8.00. The second kappa shape index (κ2) is 2.43. The predicted octanol–water partition coefficient (Wildman–Crippen LogP) is 1.46. The maximum absolute atomic E-state index is 8.26. The first-order chi connectivity index (χ1) is 3.93. The van der Waals surface area contributed by atoms with Crippen LogP contribution in [-0.4, -0.2) is 4.31 Å². The lowest BCUT2D eigenvalue weighted by Gasteiger charge is -2.05. The molecule has 1 heterocycles. The topological polar surface area (TPSA) is 27.0 Å². The second-order valence-corrected chi connectivity index (χ2v) is 2.08. The standard InChI is InChI=1S/C5H4N2S/c6-5-7-3-1-2-4-8-7/h1-4H. The van der Waals surface area contributed by atoms with Gasteiger partial charge in [-0.1, -0.05) is 6.08 Å². The van der Waals surface area contributed by atoms with Crippen LogP contribution >= 0.6 is 11.9 Å². The first-order valence-electron chi connectivity index (χ1n) is 2.12. The monoisotopic (exact) mass is 124 g/mol. The molecule has 8 heavy (non-hydrogen) atoms. The predicted molar refractivity (Wildman–Crippen MR) is 33.3 cm³/mol. The third-order valence-electron chi connectivity index (χ3n) is 0.684. The van der Waals surface area contributed by atoms with Gasteiger partial charge in [-0.25, -0.2) is 4.31 Å². The third-order valence-corrected chi connectivity index (χ3v) is 1.39. The fourth-order valence-corrected chi connectivity index (χ4v) is 0.846. The van der Waals surface area contributed by atoms with Gasteiger partial charge in [0.05, 0.1) is 0 Å². The van der Waals surface area contributed by atoms with Gasteiger partial charge in [0, 0.05) is 6.20 Å². The van der Waals surface area contributed by atoms with Gasteiger partial charge >= 0.3 is 0 Å².